The predicted octanol–water partition coefficient (Wildman–Crippen LogP) is 2.26. The molecule has 4 nitrogen and oxygen atoms in total. The van der Waals surface area contributed by atoms with Gasteiger partial charge in [-0.25, -0.2) is 9.38 Å². The molecule has 0 aromatic heterocycles. The third kappa shape index (κ3) is 3.14. The SMILES string of the molecule is COc1ccc(F)c(N=C(NC#N)SC)c1. The number of thioether (sulfide) groups is 1. The Hall–Kier alpha value is -1.74. The molecule has 0 spiro atoms. The summed E-state index contributed by atoms with van der Waals surface area (Å²) >= 11 is 1.22. The van der Waals surface area contributed by atoms with E-state index < -0.39 is 5.82 Å². The summed E-state index contributed by atoms with van der Waals surface area (Å²) < 4.78 is 18.3. The van der Waals surface area contributed by atoms with Crippen molar-refractivity contribution < 1.29 is 9.13 Å². The largest absolute Gasteiger partial charge is 0.497 e. The van der Waals surface area contributed by atoms with Gasteiger partial charge in [0.2, 0.25) is 0 Å². The van der Waals surface area contributed by atoms with E-state index in [4.69, 9.17) is 10.00 Å². The third-order valence-electron chi connectivity index (χ3n) is 1.73. The van der Waals surface area contributed by atoms with Gasteiger partial charge in [0.05, 0.1) is 7.11 Å². The first-order valence-electron chi connectivity index (χ1n) is 4.32. The number of nitrogens with zero attached hydrogens (tertiary/aromatic N) is 2. The molecule has 0 saturated heterocycles. The Morgan fingerprint density at radius 3 is 2.94 bits per heavy atom. The second-order valence-electron chi connectivity index (χ2n) is 2.68. The van der Waals surface area contributed by atoms with Crippen molar-refractivity contribution in [3.8, 4) is 11.9 Å². The van der Waals surface area contributed by atoms with Gasteiger partial charge >= 0.3 is 0 Å². The van der Waals surface area contributed by atoms with E-state index in [1.807, 2.05) is 0 Å². The summed E-state index contributed by atoms with van der Waals surface area (Å²) in [6, 6.07) is 4.23. The Morgan fingerprint density at radius 2 is 2.38 bits per heavy atom. The summed E-state index contributed by atoms with van der Waals surface area (Å²) in [4.78, 5) is 3.97. The van der Waals surface area contributed by atoms with E-state index in [1.54, 1.807) is 12.4 Å². The van der Waals surface area contributed by atoms with E-state index in [0.29, 0.717) is 10.9 Å². The summed E-state index contributed by atoms with van der Waals surface area (Å²) in [7, 11) is 1.49. The molecule has 0 amide bonds. The second kappa shape index (κ2) is 5.98. The maximum absolute atomic E-state index is 13.4. The first kappa shape index (κ1) is 12.3. The number of nitrogens with one attached hydrogen (secondary N) is 1. The van der Waals surface area contributed by atoms with Crippen molar-refractivity contribution in [2.75, 3.05) is 13.4 Å². The van der Waals surface area contributed by atoms with Gasteiger partial charge in [0.15, 0.2) is 11.4 Å². The molecule has 0 aliphatic carbocycles. The van der Waals surface area contributed by atoms with Crippen molar-refractivity contribution in [2.24, 2.45) is 4.99 Å². The zero-order valence-corrected chi connectivity index (χ0v) is 9.64. The van der Waals surface area contributed by atoms with Crippen LogP contribution in [0.15, 0.2) is 23.2 Å². The Labute approximate surface area is 97.1 Å². The summed E-state index contributed by atoms with van der Waals surface area (Å²) in [5.41, 5.74) is 0.131. The van der Waals surface area contributed by atoms with Crippen molar-refractivity contribution >= 4 is 22.6 Å². The molecule has 1 aromatic carbocycles. The van der Waals surface area contributed by atoms with Crippen LogP contribution in [0.1, 0.15) is 0 Å². The molecular formula is C10H10FN3OS. The average molecular weight is 239 g/mol. The highest BCUT2D eigenvalue weighted by Crippen LogP contribution is 2.24. The molecule has 16 heavy (non-hydrogen) atoms. The molecule has 1 aromatic rings. The first-order valence-corrected chi connectivity index (χ1v) is 5.55. The van der Waals surface area contributed by atoms with Crippen molar-refractivity contribution in [3.05, 3.63) is 24.0 Å². The summed E-state index contributed by atoms with van der Waals surface area (Å²) in [5.74, 6) is 0.0460. The Bertz CT molecular complexity index is 442. The lowest BCUT2D eigenvalue weighted by Gasteiger charge is -2.03. The van der Waals surface area contributed by atoms with Crippen LogP contribution in [0.4, 0.5) is 10.1 Å². The van der Waals surface area contributed by atoms with E-state index in [2.05, 4.69) is 10.3 Å². The zero-order chi connectivity index (χ0) is 12.0. The molecule has 0 radical (unpaired) electrons. The minimum atomic E-state index is -0.466. The van der Waals surface area contributed by atoms with E-state index in [9.17, 15) is 4.39 Å². The quantitative estimate of drug-likeness (QED) is 0.372. The maximum atomic E-state index is 13.4. The van der Waals surface area contributed by atoms with Gasteiger partial charge in [0.1, 0.15) is 17.3 Å². The zero-order valence-electron chi connectivity index (χ0n) is 8.82. The lowest BCUT2D eigenvalue weighted by Crippen LogP contribution is -2.12. The van der Waals surface area contributed by atoms with Crippen molar-refractivity contribution in [3.63, 3.8) is 0 Å². The van der Waals surface area contributed by atoms with Crippen LogP contribution in [0.3, 0.4) is 0 Å². The predicted molar refractivity (Wildman–Crippen MR) is 62.3 cm³/mol. The summed E-state index contributed by atoms with van der Waals surface area (Å²) in [6.07, 6.45) is 3.47. The Kier molecular flexibility index (Phi) is 4.61. The van der Waals surface area contributed by atoms with Crippen molar-refractivity contribution in [1.29, 1.82) is 5.26 Å². The molecule has 0 heterocycles. The fraction of sp³-hybridized carbons (Fsp3) is 0.200. The van der Waals surface area contributed by atoms with Gasteiger partial charge in [-0.05, 0) is 18.4 Å². The fourth-order valence-corrected chi connectivity index (χ4v) is 1.32. The average Bonchev–Trinajstić information content (AvgIpc) is 2.31. The molecule has 0 aliphatic heterocycles. The normalized spacial score (nSPS) is 10.8. The number of benzene rings is 1. The lowest BCUT2D eigenvalue weighted by atomic mass is 10.3. The lowest BCUT2D eigenvalue weighted by molar-refractivity contribution is 0.414. The van der Waals surface area contributed by atoms with Crippen LogP contribution in [-0.2, 0) is 0 Å². The smallest absolute Gasteiger partial charge is 0.183 e. The molecule has 6 heteroatoms. The van der Waals surface area contributed by atoms with Gasteiger partial charge in [0, 0.05) is 6.07 Å². The highest BCUT2D eigenvalue weighted by Gasteiger charge is 2.04. The Morgan fingerprint density at radius 1 is 1.62 bits per heavy atom. The van der Waals surface area contributed by atoms with Gasteiger partial charge in [0.25, 0.3) is 0 Å². The molecule has 0 aliphatic rings. The monoisotopic (exact) mass is 239 g/mol. The molecule has 0 bridgehead atoms. The number of methoxy groups -OCH3 is 1. The standard InChI is InChI=1S/C10H10FN3OS/c1-15-7-3-4-8(11)9(5-7)14-10(16-2)13-6-12/h3-5H,1-2H3,(H,13,14). The van der Waals surface area contributed by atoms with E-state index >= 15 is 0 Å². The molecular weight excluding hydrogens is 229 g/mol. The van der Waals surface area contributed by atoms with E-state index in [1.165, 1.54) is 37.1 Å². The maximum Gasteiger partial charge on any atom is 0.183 e. The number of halogens is 1. The van der Waals surface area contributed by atoms with Crippen molar-refractivity contribution in [2.45, 2.75) is 0 Å². The second-order valence-corrected chi connectivity index (χ2v) is 3.47. The number of rotatable bonds is 2. The summed E-state index contributed by atoms with van der Waals surface area (Å²) in [6.45, 7) is 0. The Balaban J connectivity index is 3.07. The highest BCUT2D eigenvalue weighted by atomic mass is 32.2. The number of hydrogen-bond donors (Lipinski definition) is 1. The fourth-order valence-electron chi connectivity index (χ4n) is 0.987. The van der Waals surface area contributed by atoms with E-state index in [-0.39, 0.29) is 5.69 Å². The van der Waals surface area contributed by atoms with Crippen molar-refractivity contribution in [1.82, 2.24) is 5.32 Å². The molecule has 0 saturated carbocycles. The third-order valence-corrected chi connectivity index (χ3v) is 2.31. The highest BCUT2D eigenvalue weighted by molar-refractivity contribution is 8.13. The van der Waals surface area contributed by atoms with E-state index in [0.717, 1.165) is 0 Å². The number of aliphatic imine (C=N–C) groups is 1. The number of hydrogen-bond acceptors (Lipinski definition) is 4. The van der Waals surface area contributed by atoms with Crippen LogP contribution in [0.2, 0.25) is 0 Å². The van der Waals surface area contributed by atoms with Crippen LogP contribution >= 0.6 is 11.8 Å². The molecule has 1 N–H and O–H groups in total. The number of nitriles is 1. The molecule has 0 unspecified atom stereocenters. The van der Waals surface area contributed by atoms with Crippen LogP contribution in [0, 0.1) is 17.3 Å². The molecule has 1 rings (SSSR count). The molecule has 0 fully saturated rings. The van der Waals surface area contributed by atoms with Gasteiger partial charge in [-0.3, -0.25) is 5.32 Å². The topological polar surface area (TPSA) is 57.4 Å². The minimum Gasteiger partial charge on any atom is -0.497 e. The minimum absolute atomic E-state index is 0.131. The number of ether oxygens (including phenoxy) is 1. The van der Waals surface area contributed by atoms with Gasteiger partial charge < -0.3 is 4.74 Å². The number of amidine groups is 1. The van der Waals surface area contributed by atoms with Crippen LogP contribution < -0.4 is 10.1 Å². The first-order chi connectivity index (χ1) is 7.71. The van der Waals surface area contributed by atoms with Crippen LogP contribution in [0.25, 0.3) is 0 Å². The molecule has 84 valence electrons. The molecule has 0 atom stereocenters. The van der Waals surface area contributed by atoms with Crippen LogP contribution in [0.5, 0.6) is 5.75 Å². The van der Waals surface area contributed by atoms with Crippen LogP contribution in [-0.4, -0.2) is 18.5 Å². The van der Waals surface area contributed by atoms with Gasteiger partial charge in [-0.2, -0.15) is 5.26 Å². The van der Waals surface area contributed by atoms with Gasteiger partial charge in [-0.15, -0.1) is 0 Å². The summed E-state index contributed by atoms with van der Waals surface area (Å²) in [5, 5.41) is 11.1. The van der Waals surface area contributed by atoms with Gasteiger partial charge in [-0.1, -0.05) is 11.8 Å².